The normalized spacial score (nSPS) is 17.0. The molecule has 0 N–H and O–H groups in total. The molecule has 0 saturated heterocycles. The van der Waals surface area contributed by atoms with E-state index in [-0.39, 0.29) is 36.5 Å². The van der Waals surface area contributed by atoms with Crippen LogP contribution in [-0.4, -0.2) is 34.3 Å². The van der Waals surface area contributed by atoms with Crippen molar-refractivity contribution in [1.82, 2.24) is 9.88 Å². The molecule has 5 rings (SSSR count). The number of ether oxygens (including phenoxy) is 2. The molecule has 3 heterocycles. The second-order valence-corrected chi connectivity index (χ2v) is 9.02. The van der Waals surface area contributed by atoms with Crippen molar-refractivity contribution in [1.29, 1.82) is 0 Å². The van der Waals surface area contributed by atoms with Crippen LogP contribution >= 0.6 is 0 Å². The van der Waals surface area contributed by atoms with E-state index in [0.29, 0.717) is 29.0 Å². The first-order valence-corrected chi connectivity index (χ1v) is 11.4. The van der Waals surface area contributed by atoms with Crippen LogP contribution in [0.25, 0.3) is 11.1 Å². The lowest BCUT2D eigenvalue weighted by Gasteiger charge is -2.29. The number of carbonyl (C=O) groups is 2. The highest BCUT2D eigenvalue weighted by molar-refractivity contribution is 6.21. The van der Waals surface area contributed by atoms with Crippen LogP contribution in [0.15, 0.2) is 73.6 Å². The first kappa shape index (κ1) is 21.9. The van der Waals surface area contributed by atoms with Crippen LogP contribution in [0.1, 0.15) is 52.7 Å². The summed E-state index contributed by atoms with van der Waals surface area (Å²) >= 11 is 0. The summed E-state index contributed by atoms with van der Waals surface area (Å²) < 4.78 is 12.3. The number of carbonyl (C=O) groups excluding carboxylic acids is 2. The number of aromatic nitrogens is 1. The topological polar surface area (TPSA) is 68.7 Å². The second-order valence-electron chi connectivity index (χ2n) is 9.02. The van der Waals surface area contributed by atoms with Crippen molar-refractivity contribution in [2.45, 2.75) is 32.4 Å². The fourth-order valence-corrected chi connectivity index (χ4v) is 4.69. The van der Waals surface area contributed by atoms with Crippen molar-refractivity contribution in [2.24, 2.45) is 5.92 Å². The Hall–Kier alpha value is -3.93. The van der Waals surface area contributed by atoms with Gasteiger partial charge in [-0.25, -0.2) is 0 Å². The monoisotopic (exact) mass is 454 g/mol. The molecule has 0 aliphatic carbocycles. The van der Waals surface area contributed by atoms with Crippen LogP contribution in [0, 0.1) is 5.92 Å². The summed E-state index contributed by atoms with van der Waals surface area (Å²) in [5.41, 5.74) is 3.89. The largest absolute Gasteiger partial charge is 0.491 e. The molecule has 2 aliphatic rings. The van der Waals surface area contributed by atoms with Crippen LogP contribution in [0.3, 0.4) is 0 Å². The lowest BCUT2D eigenvalue weighted by Crippen LogP contribution is -2.44. The van der Waals surface area contributed by atoms with Gasteiger partial charge in [-0.05, 0) is 54.3 Å². The van der Waals surface area contributed by atoms with Crippen molar-refractivity contribution >= 4 is 11.8 Å². The smallest absolute Gasteiger partial charge is 0.261 e. The molecule has 2 atom stereocenters. The highest BCUT2D eigenvalue weighted by atomic mass is 16.5. The number of hydrogen-bond acceptors (Lipinski definition) is 5. The number of imide groups is 1. The number of benzene rings is 2. The maximum Gasteiger partial charge on any atom is 0.261 e. The van der Waals surface area contributed by atoms with Crippen LogP contribution in [0.4, 0.5) is 0 Å². The first-order chi connectivity index (χ1) is 16.5. The molecule has 6 heteroatoms. The zero-order chi connectivity index (χ0) is 23.8. The maximum absolute atomic E-state index is 13.0. The van der Waals surface area contributed by atoms with Crippen molar-refractivity contribution in [3.05, 3.63) is 90.3 Å². The highest BCUT2D eigenvalue weighted by Crippen LogP contribution is 2.43. The Balaban J connectivity index is 1.39. The number of fused-ring (bicyclic) bond motifs is 4. The molecule has 6 nitrogen and oxygen atoms in total. The minimum absolute atomic E-state index is 0.202. The molecule has 0 saturated carbocycles. The molecule has 2 unspecified atom stereocenters. The Morgan fingerprint density at radius 1 is 1.06 bits per heavy atom. The summed E-state index contributed by atoms with van der Waals surface area (Å²) in [7, 11) is 0. The number of amides is 2. The van der Waals surface area contributed by atoms with Gasteiger partial charge in [0.15, 0.2) is 0 Å². The molecule has 3 aromatic rings. The van der Waals surface area contributed by atoms with Gasteiger partial charge in [-0.15, -0.1) is 0 Å². The van der Waals surface area contributed by atoms with Crippen LogP contribution < -0.4 is 9.47 Å². The summed E-state index contributed by atoms with van der Waals surface area (Å²) in [5.74, 6) is 1.07. The lowest BCUT2D eigenvalue weighted by molar-refractivity contribution is 0.0507. The van der Waals surface area contributed by atoms with Crippen molar-refractivity contribution in [2.75, 3.05) is 6.61 Å². The van der Waals surface area contributed by atoms with Crippen LogP contribution in [-0.2, 0) is 0 Å². The summed E-state index contributed by atoms with van der Waals surface area (Å²) in [6, 6.07) is 14.2. The molecule has 1 aromatic heterocycles. The third-order valence-electron chi connectivity index (χ3n) is 6.25. The summed E-state index contributed by atoms with van der Waals surface area (Å²) in [6.45, 7) is 8.23. The first-order valence-electron chi connectivity index (χ1n) is 11.4. The standard InChI is InChI=1S/C28H26N2O4/c1-4-25-24-15-29-12-11-20(24)21-10-9-19(14-26(21)34-25)33-16-18(13-17(2)3)30-27(31)22-7-5-6-8-23(22)28(30)32/h4-12,14-15,17-18,25H,1,13,16H2,2-3H3. The van der Waals surface area contributed by atoms with Gasteiger partial charge in [-0.2, -0.15) is 0 Å². The molecular formula is C28H26N2O4. The van der Waals surface area contributed by atoms with E-state index < -0.39 is 0 Å². The van der Waals surface area contributed by atoms with Crippen molar-refractivity contribution in [3.8, 4) is 22.6 Å². The van der Waals surface area contributed by atoms with E-state index in [1.165, 1.54) is 4.90 Å². The molecule has 172 valence electrons. The Labute approximate surface area is 198 Å². The quantitative estimate of drug-likeness (QED) is 0.350. The van der Waals surface area contributed by atoms with E-state index in [0.717, 1.165) is 16.7 Å². The molecule has 0 fully saturated rings. The fraction of sp³-hybridized carbons (Fsp3) is 0.250. The molecule has 34 heavy (non-hydrogen) atoms. The Bertz CT molecular complexity index is 1250. The molecule has 0 radical (unpaired) electrons. The van der Waals surface area contributed by atoms with Gasteiger partial charge in [0.2, 0.25) is 0 Å². The van der Waals surface area contributed by atoms with E-state index in [4.69, 9.17) is 9.47 Å². The maximum atomic E-state index is 13.0. The van der Waals surface area contributed by atoms with Gasteiger partial charge in [0.25, 0.3) is 11.8 Å². The van der Waals surface area contributed by atoms with Gasteiger partial charge in [0.05, 0.1) is 17.2 Å². The zero-order valence-electron chi connectivity index (χ0n) is 19.2. The molecule has 0 bridgehead atoms. The average molecular weight is 455 g/mol. The van der Waals surface area contributed by atoms with Crippen LogP contribution in [0.2, 0.25) is 0 Å². The third-order valence-corrected chi connectivity index (χ3v) is 6.25. The lowest BCUT2D eigenvalue weighted by atomic mass is 9.94. The predicted octanol–water partition coefficient (Wildman–Crippen LogP) is 5.46. The molecular weight excluding hydrogens is 428 g/mol. The summed E-state index contributed by atoms with van der Waals surface area (Å²) in [4.78, 5) is 31.6. The number of nitrogens with zero attached hydrogens (tertiary/aromatic N) is 2. The predicted molar refractivity (Wildman–Crippen MR) is 129 cm³/mol. The zero-order valence-corrected chi connectivity index (χ0v) is 19.2. The summed E-state index contributed by atoms with van der Waals surface area (Å²) in [5, 5.41) is 0. The number of hydrogen-bond donors (Lipinski definition) is 0. The van der Waals surface area contributed by atoms with Gasteiger partial charge >= 0.3 is 0 Å². The Morgan fingerprint density at radius 3 is 2.47 bits per heavy atom. The van der Waals surface area contributed by atoms with E-state index >= 15 is 0 Å². The number of rotatable bonds is 7. The van der Waals surface area contributed by atoms with Gasteiger partial charge in [0.1, 0.15) is 24.2 Å². The Morgan fingerprint density at radius 2 is 1.79 bits per heavy atom. The highest BCUT2D eigenvalue weighted by Gasteiger charge is 2.40. The SMILES string of the molecule is C=CC1Oc2cc(OCC(CC(C)C)N3C(=O)c4ccccc4C3=O)ccc2-c2ccncc21. The summed E-state index contributed by atoms with van der Waals surface area (Å²) in [6.07, 6.45) is 5.66. The van der Waals surface area contributed by atoms with Crippen molar-refractivity contribution < 1.29 is 19.1 Å². The molecule has 0 spiro atoms. The van der Waals surface area contributed by atoms with Crippen molar-refractivity contribution in [3.63, 3.8) is 0 Å². The number of pyridine rings is 1. The van der Waals surface area contributed by atoms with Gasteiger partial charge in [0, 0.05) is 29.6 Å². The molecule has 2 aliphatic heterocycles. The van der Waals surface area contributed by atoms with E-state index in [9.17, 15) is 9.59 Å². The minimum Gasteiger partial charge on any atom is -0.491 e. The van der Waals surface area contributed by atoms with E-state index in [1.807, 2.05) is 24.3 Å². The van der Waals surface area contributed by atoms with Gasteiger partial charge in [-0.3, -0.25) is 19.5 Å². The average Bonchev–Trinajstić information content (AvgIpc) is 3.10. The molecule has 2 aromatic carbocycles. The Kier molecular flexibility index (Phi) is 5.65. The van der Waals surface area contributed by atoms with E-state index in [2.05, 4.69) is 25.4 Å². The van der Waals surface area contributed by atoms with Crippen LogP contribution in [0.5, 0.6) is 11.5 Å². The second kappa shape index (κ2) is 8.78. The van der Waals surface area contributed by atoms with E-state index in [1.54, 1.807) is 42.7 Å². The fourth-order valence-electron chi connectivity index (χ4n) is 4.69. The third kappa shape index (κ3) is 3.75. The molecule has 2 amide bonds. The minimum atomic E-state index is -0.378. The van der Waals surface area contributed by atoms with Gasteiger partial charge in [-0.1, -0.05) is 32.6 Å². The van der Waals surface area contributed by atoms with Gasteiger partial charge < -0.3 is 9.47 Å².